The van der Waals surface area contributed by atoms with E-state index in [1.165, 1.54) is 19.5 Å². The average molecular weight is 583 g/mol. The third kappa shape index (κ3) is 6.09. The number of ether oxygens (including phenoxy) is 2. The van der Waals surface area contributed by atoms with Crippen molar-refractivity contribution in [2.45, 2.75) is 39.3 Å². The fourth-order valence-electron chi connectivity index (χ4n) is 4.70. The molecule has 1 aliphatic rings. The molecule has 0 radical (unpaired) electrons. The second kappa shape index (κ2) is 11.9. The summed E-state index contributed by atoms with van der Waals surface area (Å²) < 4.78 is 11.7. The molecule has 0 spiro atoms. The van der Waals surface area contributed by atoms with Crippen molar-refractivity contribution in [3.05, 3.63) is 69.1 Å². The fourth-order valence-corrected chi connectivity index (χ4v) is 5.37. The second-order valence-electron chi connectivity index (χ2n) is 10.6. The quantitative estimate of drug-likeness (QED) is 0.207. The summed E-state index contributed by atoms with van der Waals surface area (Å²) in [5.41, 5.74) is 8.55. The van der Waals surface area contributed by atoms with Crippen molar-refractivity contribution >= 4 is 40.4 Å². The van der Waals surface area contributed by atoms with E-state index < -0.39 is 6.10 Å². The summed E-state index contributed by atoms with van der Waals surface area (Å²) in [5, 5.41) is 23.2. The molecule has 1 aliphatic heterocycles. The highest BCUT2D eigenvalue weighted by atomic mass is 35.5. The van der Waals surface area contributed by atoms with Crippen LogP contribution in [-0.2, 0) is 0 Å². The van der Waals surface area contributed by atoms with Gasteiger partial charge in [-0.25, -0.2) is 4.98 Å². The van der Waals surface area contributed by atoms with Crippen molar-refractivity contribution in [3.63, 3.8) is 0 Å². The first-order valence-electron chi connectivity index (χ1n) is 12.9. The van der Waals surface area contributed by atoms with Crippen LogP contribution in [0, 0.1) is 22.7 Å². The van der Waals surface area contributed by atoms with Crippen LogP contribution in [-0.4, -0.2) is 48.0 Å². The van der Waals surface area contributed by atoms with Crippen LogP contribution in [0.15, 0.2) is 36.8 Å². The van der Waals surface area contributed by atoms with Crippen LogP contribution in [0.25, 0.3) is 0 Å². The summed E-state index contributed by atoms with van der Waals surface area (Å²) >= 11 is 12.6. The number of halogens is 2. The standard InChI is InChI=1S/C29H33Cl2N7O2/c1-16(2)10-37-29(4)14-38(15-29)28-18(9-32)6-19(11-36-28)27(34)20-7-25(24(39-5)8-23(20)33)40-17(3)26-21(30)12-35-13-22(26)31/h6-8,11-13,16-17,34,37H,10,14-15,33H2,1-5H3/t17-/m1/s1. The van der Waals surface area contributed by atoms with Crippen LogP contribution in [0.3, 0.4) is 0 Å². The lowest BCUT2D eigenvalue weighted by Crippen LogP contribution is -2.68. The molecule has 2 aromatic heterocycles. The SMILES string of the molecule is COc1cc(N)c(C(=N)c2cnc(N3CC(C)(NCC(C)C)C3)c(C#N)c2)cc1O[C@H](C)c1c(Cl)cncc1Cl. The molecule has 9 nitrogen and oxygen atoms in total. The zero-order chi connectivity index (χ0) is 29.2. The van der Waals surface area contributed by atoms with Crippen LogP contribution in [0.1, 0.15) is 56.1 Å². The maximum atomic E-state index is 9.90. The van der Waals surface area contributed by atoms with E-state index in [2.05, 4.69) is 47.0 Å². The first-order valence-corrected chi connectivity index (χ1v) is 13.6. The molecule has 0 amide bonds. The first kappa shape index (κ1) is 29.4. The minimum absolute atomic E-state index is 0.0279. The van der Waals surface area contributed by atoms with Crippen molar-refractivity contribution < 1.29 is 9.47 Å². The molecule has 1 fully saturated rings. The molecular weight excluding hydrogens is 549 g/mol. The van der Waals surface area contributed by atoms with Crippen molar-refractivity contribution in [3.8, 4) is 17.6 Å². The number of methoxy groups -OCH3 is 1. The number of hydrogen-bond acceptors (Lipinski definition) is 9. The smallest absolute Gasteiger partial charge is 0.162 e. The normalized spacial score (nSPS) is 14.8. The van der Waals surface area contributed by atoms with Gasteiger partial charge in [-0.3, -0.25) is 10.4 Å². The number of hydrogen-bond donors (Lipinski definition) is 3. The molecule has 0 saturated carbocycles. The lowest BCUT2D eigenvalue weighted by molar-refractivity contribution is 0.216. The molecule has 0 bridgehead atoms. The van der Waals surface area contributed by atoms with E-state index in [4.69, 9.17) is 43.8 Å². The van der Waals surface area contributed by atoms with Gasteiger partial charge >= 0.3 is 0 Å². The van der Waals surface area contributed by atoms with Gasteiger partial charge in [-0.15, -0.1) is 0 Å². The molecule has 4 rings (SSSR count). The van der Waals surface area contributed by atoms with E-state index in [0.717, 1.165) is 19.6 Å². The Kier molecular flexibility index (Phi) is 8.74. The number of nitrogens with one attached hydrogen (secondary N) is 2. The molecule has 0 aliphatic carbocycles. The fraction of sp³-hybridized carbons (Fsp3) is 0.379. The third-order valence-electron chi connectivity index (χ3n) is 6.80. The maximum absolute atomic E-state index is 9.90. The third-order valence-corrected chi connectivity index (χ3v) is 7.40. The van der Waals surface area contributed by atoms with Crippen molar-refractivity contribution in [1.82, 2.24) is 15.3 Å². The van der Waals surface area contributed by atoms with Crippen LogP contribution < -0.4 is 25.4 Å². The largest absolute Gasteiger partial charge is 0.493 e. The van der Waals surface area contributed by atoms with Gasteiger partial charge in [0.2, 0.25) is 0 Å². The zero-order valence-corrected chi connectivity index (χ0v) is 24.7. The number of pyridine rings is 2. The lowest BCUT2D eigenvalue weighted by Gasteiger charge is -2.49. The summed E-state index contributed by atoms with van der Waals surface area (Å²) in [4.78, 5) is 10.6. The Hall–Kier alpha value is -3.58. The molecule has 3 aromatic rings. The van der Waals surface area contributed by atoms with Gasteiger partial charge in [-0.05, 0) is 38.4 Å². The number of benzene rings is 1. The maximum Gasteiger partial charge on any atom is 0.162 e. The molecule has 0 unspecified atom stereocenters. The topological polar surface area (TPSA) is 133 Å². The van der Waals surface area contributed by atoms with Crippen molar-refractivity contribution in [2.75, 3.05) is 37.4 Å². The molecule has 4 N–H and O–H groups in total. The predicted molar refractivity (Wildman–Crippen MR) is 159 cm³/mol. The Morgan fingerprint density at radius 1 is 1.18 bits per heavy atom. The van der Waals surface area contributed by atoms with Gasteiger partial charge in [0.1, 0.15) is 18.0 Å². The van der Waals surface area contributed by atoms with Gasteiger partial charge in [-0.1, -0.05) is 37.0 Å². The second-order valence-corrected chi connectivity index (χ2v) is 11.5. The monoisotopic (exact) mass is 581 g/mol. The number of nitrogen functional groups attached to an aromatic ring is 1. The molecule has 11 heteroatoms. The summed E-state index contributed by atoms with van der Waals surface area (Å²) in [6.45, 7) is 10.7. The number of nitrogens with two attached hydrogens (primary N) is 1. The Morgan fingerprint density at radius 2 is 1.85 bits per heavy atom. The molecule has 40 heavy (non-hydrogen) atoms. The predicted octanol–water partition coefficient (Wildman–Crippen LogP) is 5.63. The highest BCUT2D eigenvalue weighted by molar-refractivity contribution is 6.35. The Bertz CT molecular complexity index is 1450. The molecule has 3 heterocycles. The Balaban J connectivity index is 1.59. The summed E-state index contributed by atoms with van der Waals surface area (Å²) in [6, 6.07) is 7.15. The van der Waals surface area contributed by atoms with Gasteiger partial charge in [0.05, 0.1) is 34.0 Å². The summed E-state index contributed by atoms with van der Waals surface area (Å²) in [6.07, 6.45) is 4.04. The van der Waals surface area contributed by atoms with E-state index >= 15 is 0 Å². The van der Waals surface area contributed by atoms with Gasteiger partial charge in [-0.2, -0.15) is 5.26 Å². The number of anilines is 2. The molecule has 1 saturated heterocycles. The molecular formula is C29H33Cl2N7O2. The number of rotatable bonds is 10. The van der Waals surface area contributed by atoms with Crippen molar-refractivity contribution in [1.29, 1.82) is 10.7 Å². The highest BCUT2D eigenvalue weighted by Crippen LogP contribution is 2.39. The average Bonchev–Trinajstić information content (AvgIpc) is 2.90. The van der Waals surface area contributed by atoms with Crippen LogP contribution >= 0.6 is 23.2 Å². The summed E-state index contributed by atoms with van der Waals surface area (Å²) in [5.74, 6) is 1.90. The van der Waals surface area contributed by atoms with Gasteiger partial charge < -0.3 is 25.4 Å². The van der Waals surface area contributed by atoms with Gasteiger partial charge in [0, 0.05) is 60.1 Å². The van der Waals surface area contributed by atoms with Crippen LogP contribution in [0.4, 0.5) is 11.5 Å². The van der Waals surface area contributed by atoms with E-state index in [1.54, 1.807) is 31.3 Å². The molecule has 1 aromatic carbocycles. The summed E-state index contributed by atoms with van der Waals surface area (Å²) in [7, 11) is 1.50. The van der Waals surface area contributed by atoms with Gasteiger partial charge in [0.25, 0.3) is 0 Å². The van der Waals surface area contributed by atoms with Crippen LogP contribution in [0.2, 0.25) is 10.0 Å². The minimum Gasteiger partial charge on any atom is -0.493 e. The van der Waals surface area contributed by atoms with Gasteiger partial charge in [0.15, 0.2) is 11.5 Å². The first-order chi connectivity index (χ1) is 19.0. The number of nitriles is 1. The number of aromatic nitrogens is 2. The van der Waals surface area contributed by atoms with E-state index in [0.29, 0.717) is 61.2 Å². The van der Waals surface area contributed by atoms with E-state index in [9.17, 15) is 5.26 Å². The Labute approximate surface area is 244 Å². The van der Waals surface area contributed by atoms with Crippen molar-refractivity contribution in [2.24, 2.45) is 5.92 Å². The lowest BCUT2D eigenvalue weighted by atomic mass is 9.91. The van der Waals surface area contributed by atoms with E-state index in [-0.39, 0.29) is 11.3 Å². The Morgan fingerprint density at radius 3 is 2.45 bits per heavy atom. The van der Waals surface area contributed by atoms with Crippen LogP contribution in [0.5, 0.6) is 11.5 Å². The molecule has 1 atom stereocenters. The molecule has 210 valence electrons. The number of nitrogens with zero attached hydrogens (tertiary/aromatic N) is 4. The highest BCUT2D eigenvalue weighted by Gasteiger charge is 2.40. The minimum atomic E-state index is -0.550. The van der Waals surface area contributed by atoms with E-state index in [1.807, 2.05) is 0 Å². The zero-order valence-electron chi connectivity index (χ0n) is 23.2.